The largest absolute Gasteiger partial charge is 0.368 e. The van der Waals surface area contributed by atoms with Crippen LogP contribution in [0.4, 0.5) is 39.0 Å². The predicted molar refractivity (Wildman–Crippen MR) is 121 cm³/mol. The number of anilines is 3. The first-order valence-corrected chi connectivity index (χ1v) is 10.8. The molecule has 0 radical (unpaired) electrons. The monoisotopic (exact) mass is 475 g/mol. The molecule has 4 nitrogen and oxygen atoms in total. The van der Waals surface area contributed by atoms with Crippen LogP contribution in [0.5, 0.6) is 0 Å². The van der Waals surface area contributed by atoms with Crippen LogP contribution in [0.2, 0.25) is 0 Å². The van der Waals surface area contributed by atoms with Gasteiger partial charge in [0.15, 0.2) is 23.3 Å². The maximum atomic E-state index is 14.1. The lowest BCUT2D eigenvalue weighted by Crippen LogP contribution is -2.47. The Kier molecular flexibility index (Phi) is 6.72. The number of carbonyl (C=O) groups is 1. The number of hydrogen-bond donors (Lipinski definition) is 1. The van der Waals surface area contributed by atoms with Gasteiger partial charge in [-0.3, -0.25) is 4.79 Å². The van der Waals surface area contributed by atoms with E-state index in [1.165, 1.54) is 0 Å². The number of amides is 1. The molecular formula is C25H22F5N3O. The second-order valence-electron chi connectivity index (χ2n) is 7.94. The number of hydrogen-bond acceptors (Lipinski definition) is 3. The van der Waals surface area contributed by atoms with Crippen LogP contribution in [0.15, 0.2) is 48.5 Å². The van der Waals surface area contributed by atoms with E-state index in [4.69, 9.17) is 0 Å². The zero-order valence-electron chi connectivity index (χ0n) is 18.3. The van der Waals surface area contributed by atoms with Crippen LogP contribution in [0.25, 0.3) is 0 Å². The van der Waals surface area contributed by atoms with E-state index in [0.717, 1.165) is 22.6 Å². The van der Waals surface area contributed by atoms with E-state index >= 15 is 0 Å². The number of halogens is 5. The van der Waals surface area contributed by atoms with Crippen LogP contribution in [-0.4, -0.2) is 32.1 Å². The molecule has 1 N–H and O–H groups in total. The molecule has 1 heterocycles. The average molecular weight is 475 g/mol. The van der Waals surface area contributed by atoms with E-state index < -0.39 is 34.8 Å². The number of carbonyl (C=O) groups excluding carboxylic acids is 1. The summed E-state index contributed by atoms with van der Waals surface area (Å²) in [6, 6.07) is 14.4. The molecule has 0 atom stereocenters. The Morgan fingerprint density at radius 1 is 0.735 bits per heavy atom. The maximum absolute atomic E-state index is 14.1. The normalized spacial score (nSPS) is 13.8. The Labute approximate surface area is 193 Å². The van der Waals surface area contributed by atoms with Gasteiger partial charge in [-0.25, -0.2) is 22.0 Å². The van der Waals surface area contributed by atoms with Gasteiger partial charge in [-0.05, 0) is 48.4 Å². The van der Waals surface area contributed by atoms with Crippen molar-refractivity contribution in [2.24, 2.45) is 0 Å². The highest BCUT2D eigenvalue weighted by atomic mass is 19.2. The van der Waals surface area contributed by atoms with E-state index in [2.05, 4.69) is 5.32 Å². The molecule has 1 aliphatic heterocycles. The maximum Gasteiger partial charge on any atom is 0.255 e. The molecule has 0 spiro atoms. The summed E-state index contributed by atoms with van der Waals surface area (Å²) in [5.74, 6) is -9.94. The van der Waals surface area contributed by atoms with Gasteiger partial charge in [-0.1, -0.05) is 19.1 Å². The molecule has 1 aliphatic rings. The second kappa shape index (κ2) is 9.70. The van der Waals surface area contributed by atoms with Crippen molar-refractivity contribution in [3.63, 3.8) is 0 Å². The van der Waals surface area contributed by atoms with Gasteiger partial charge in [-0.2, -0.15) is 0 Å². The molecule has 0 saturated carbocycles. The summed E-state index contributed by atoms with van der Waals surface area (Å²) in [4.78, 5) is 15.5. The molecule has 3 aromatic rings. The van der Waals surface area contributed by atoms with Crippen LogP contribution in [0, 0.1) is 29.1 Å². The number of aryl methyl sites for hydroxylation is 1. The molecule has 0 unspecified atom stereocenters. The van der Waals surface area contributed by atoms with Gasteiger partial charge in [-0.15, -0.1) is 0 Å². The number of nitrogens with one attached hydrogen (secondary N) is 1. The van der Waals surface area contributed by atoms with Crippen molar-refractivity contribution in [1.29, 1.82) is 0 Å². The minimum atomic E-state index is -2.16. The minimum Gasteiger partial charge on any atom is -0.368 e. The third-order valence-electron chi connectivity index (χ3n) is 5.90. The van der Waals surface area contributed by atoms with Crippen LogP contribution >= 0.6 is 0 Å². The summed E-state index contributed by atoms with van der Waals surface area (Å²) in [7, 11) is 0. The van der Waals surface area contributed by atoms with Crippen molar-refractivity contribution in [1.82, 2.24) is 0 Å². The summed E-state index contributed by atoms with van der Waals surface area (Å²) in [5.41, 5.74) is 2.20. The first kappa shape index (κ1) is 23.5. The highest BCUT2D eigenvalue weighted by Gasteiger charge is 2.30. The quantitative estimate of drug-likeness (QED) is 0.300. The SMILES string of the molecule is CCc1ccc(C(=O)Nc2ccc(N3CCN(c4c(F)c(F)c(F)c(F)c4F)CC3)cc2)cc1. The first-order valence-electron chi connectivity index (χ1n) is 10.8. The Morgan fingerprint density at radius 2 is 1.24 bits per heavy atom. The highest BCUT2D eigenvalue weighted by molar-refractivity contribution is 6.04. The van der Waals surface area contributed by atoms with Gasteiger partial charge in [0.25, 0.3) is 5.91 Å². The van der Waals surface area contributed by atoms with E-state index in [1.54, 1.807) is 36.4 Å². The zero-order chi connectivity index (χ0) is 24.4. The van der Waals surface area contributed by atoms with E-state index in [9.17, 15) is 26.7 Å². The topological polar surface area (TPSA) is 35.6 Å². The third-order valence-corrected chi connectivity index (χ3v) is 5.90. The molecule has 178 valence electrons. The lowest BCUT2D eigenvalue weighted by atomic mass is 10.1. The lowest BCUT2D eigenvalue weighted by Gasteiger charge is -2.37. The van der Waals surface area contributed by atoms with Crippen LogP contribution in [0.1, 0.15) is 22.8 Å². The fourth-order valence-electron chi connectivity index (χ4n) is 3.91. The first-order chi connectivity index (χ1) is 16.3. The Morgan fingerprint density at radius 3 is 1.76 bits per heavy atom. The molecule has 1 fully saturated rings. The second-order valence-corrected chi connectivity index (χ2v) is 7.94. The average Bonchev–Trinajstić information content (AvgIpc) is 2.87. The standard InChI is InChI=1S/C25H22F5N3O/c1-2-15-3-5-16(6-4-15)25(34)31-17-7-9-18(10-8-17)32-11-13-33(14-12-32)24-22(29)20(27)19(26)21(28)23(24)30/h3-10H,2,11-14H2,1H3,(H,31,34). The van der Waals surface area contributed by atoms with Gasteiger partial charge >= 0.3 is 0 Å². The number of rotatable bonds is 5. The van der Waals surface area contributed by atoms with Gasteiger partial charge in [0.05, 0.1) is 0 Å². The molecule has 1 amide bonds. The molecule has 34 heavy (non-hydrogen) atoms. The summed E-state index contributed by atoms with van der Waals surface area (Å²) < 4.78 is 68.6. The molecule has 9 heteroatoms. The summed E-state index contributed by atoms with van der Waals surface area (Å²) >= 11 is 0. The molecule has 0 aromatic heterocycles. The van der Waals surface area contributed by atoms with Crippen LogP contribution in [0.3, 0.4) is 0 Å². The third kappa shape index (κ3) is 4.55. The minimum absolute atomic E-state index is 0.0740. The van der Waals surface area contributed by atoms with Gasteiger partial charge in [0.1, 0.15) is 5.69 Å². The number of piperazine rings is 1. The van der Waals surface area contributed by atoms with Crippen molar-refractivity contribution in [3.8, 4) is 0 Å². The van der Waals surface area contributed by atoms with Gasteiger partial charge in [0.2, 0.25) is 5.82 Å². The van der Waals surface area contributed by atoms with E-state index in [0.29, 0.717) is 24.3 Å². The molecule has 1 saturated heterocycles. The van der Waals surface area contributed by atoms with Crippen molar-refractivity contribution in [2.75, 3.05) is 41.3 Å². The van der Waals surface area contributed by atoms with Crippen molar-refractivity contribution < 1.29 is 26.7 Å². The highest BCUT2D eigenvalue weighted by Crippen LogP contribution is 2.31. The van der Waals surface area contributed by atoms with Crippen LogP contribution in [-0.2, 0) is 6.42 Å². The number of nitrogens with zero attached hydrogens (tertiary/aromatic N) is 2. The summed E-state index contributed by atoms with van der Waals surface area (Å²) in [5, 5.41) is 2.83. The van der Waals surface area contributed by atoms with Crippen LogP contribution < -0.4 is 15.1 Å². The fraction of sp³-hybridized carbons (Fsp3) is 0.240. The predicted octanol–water partition coefficient (Wildman–Crippen LogP) is 5.52. The van der Waals surface area contributed by atoms with Crippen molar-refractivity contribution in [2.45, 2.75) is 13.3 Å². The van der Waals surface area contributed by atoms with E-state index in [-0.39, 0.29) is 19.0 Å². The molecule has 3 aromatic carbocycles. The molecule has 4 rings (SSSR count). The zero-order valence-corrected chi connectivity index (χ0v) is 18.3. The lowest BCUT2D eigenvalue weighted by molar-refractivity contribution is 0.102. The van der Waals surface area contributed by atoms with Gasteiger partial charge in [0, 0.05) is 43.1 Å². The molecular weight excluding hydrogens is 453 g/mol. The van der Waals surface area contributed by atoms with Crippen molar-refractivity contribution in [3.05, 3.63) is 88.7 Å². The Balaban J connectivity index is 1.39. The Hall–Kier alpha value is -3.62. The summed E-state index contributed by atoms with van der Waals surface area (Å²) in [6.07, 6.45) is 0.888. The fourth-order valence-corrected chi connectivity index (χ4v) is 3.91. The molecule has 0 aliphatic carbocycles. The van der Waals surface area contributed by atoms with Crippen molar-refractivity contribution >= 4 is 23.0 Å². The van der Waals surface area contributed by atoms with E-state index in [1.807, 2.05) is 24.0 Å². The Bertz CT molecular complexity index is 1160. The molecule has 0 bridgehead atoms. The van der Waals surface area contributed by atoms with Gasteiger partial charge < -0.3 is 15.1 Å². The summed E-state index contributed by atoms with van der Waals surface area (Å²) in [6.45, 7) is 2.81. The smallest absolute Gasteiger partial charge is 0.255 e. The number of benzene rings is 3.